The number of carbonyl (C=O) groups is 2. The van der Waals surface area contributed by atoms with Gasteiger partial charge in [0.25, 0.3) is 11.5 Å². The van der Waals surface area contributed by atoms with Crippen LogP contribution in [-0.2, 0) is 4.79 Å². The number of benzene rings is 1. The van der Waals surface area contributed by atoms with Crippen LogP contribution in [-0.4, -0.2) is 45.8 Å². The fraction of sp³-hybridized carbons (Fsp3) is 0.375. The molecule has 120 valence electrons. The average molecular weight is 314 g/mol. The van der Waals surface area contributed by atoms with Crippen LogP contribution in [0.1, 0.15) is 30.4 Å². The molecule has 1 aliphatic rings. The first-order valence-electron chi connectivity index (χ1n) is 7.66. The van der Waals surface area contributed by atoms with Crippen LogP contribution in [0.2, 0.25) is 0 Å². The topological polar surface area (TPSA) is 95.2 Å². The monoisotopic (exact) mass is 314 g/mol. The number of nitrogens with zero attached hydrogens (tertiary/aromatic N) is 2. The SMILES string of the molecule is CCCN1CC(NC(=O)c2nc3ccccc3c(=O)[nH]2)CC1=O. The first-order valence-corrected chi connectivity index (χ1v) is 7.66. The molecule has 7 nitrogen and oxygen atoms in total. The number of fused-ring (bicyclic) bond motifs is 1. The lowest BCUT2D eigenvalue weighted by Gasteiger charge is -2.15. The number of amides is 2. The van der Waals surface area contributed by atoms with E-state index in [9.17, 15) is 14.4 Å². The van der Waals surface area contributed by atoms with Crippen LogP contribution in [0.3, 0.4) is 0 Å². The van der Waals surface area contributed by atoms with Gasteiger partial charge in [-0.2, -0.15) is 0 Å². The van der Waals surface area contributed by atoms with E-state index in [1.807, 2.05) is 6.92 Å². The molecule has 1 aliphatic heterocycles. The van der Waals surface area contributed by atoms with Gasteiger partial charge in [0, 0.05) is 19.5 Å². The Labute approximate surface area is 132 Å². The van der Waals surface area contributed by atoms with Crippen molar-refractivity contribution in [2.45, 2.75) is 25.8 Å². The Kier molecular flexibility index (Phi) is 4.10. The van der Waals surface area contributed by atoms with Gasteiger partial charge in [-0.05, 0) is 18.6 Å². The maximum Gasteiger partial charge on any atom is 0.287 e. The summed E-state index contributed by atoms with van der Waals surface area (Å²) in [6, 6.07) is 6.59. The molecule has 7 heteroatoms. The molecule has 0 radical (unpaired) electrons. The number of hydrogen-bond acceptors (Lipinski definition) is 4. The maximum atomic E-state index is 12.3. The molecule has 0 saturated carbocycles. The van der Waals surface area contributed by atoms with Gasteiger partial charge in [0.1, 0.15) is 0 Å². The van der Waals surface area contributed by atoms with Crippen LogP contribution in [0.4, 0.5) is 0 Å². The molecule has 0 spiro atoms. The Hall–Kier alpha value is -2.70. The molecule has 3 rings (SSSR count). The second-order valence-corrected chi connectivity index (χ2v) is 5.65. The molecule has 1 fully saturated rings. The second-order valence-electron chi connectivity index (χ2n) is 5.65. The minimum Gasteiger partial charge on any atom is -0.344 e. The predicted octanol–water partition coefficient (Wildman–Crippen LogP) is 0.664. The van der Waals surface area contributed by atoms with E-state index in [0.29, 0.717) is 24.0 Å². The number of hydrogen-bond donors (Lipinski definition) is 2. The maximum absolute atomic E-state index is 12.3. The normalized spacial score (nSPS) is 17.7. The molecule has 1 saturated heterocycles. The molecular formula is C16H18N4O3. The van der Waals surface area contributed by atoms with Gasteiger partial charge in [-0.1, -0.05) is 19.1 Å². The molecular weight excluding hydrogens is 296 g/mol. The van der Waals surface area contributed by atoms with Crippen molar-refractivity contribution in [1.29, 1.82) is 0 Å². The van der Waals surface area contributed by atoms with Crippen LogP contribution < -0.4 is 10.9 Å². The fourth-order valence-corrected chi connectivity index (χ4v) is 2.80. The number of aromatic nitrogens is 2. The molecule has 1 atom stereocenters. The summed E-state index contributed by atoms with van der Waals surface area (Å²) in [5, 5.41) is 3.21. The lowest BCUT2D eigenvalue weighted by molar-refractivity contribution is -0.127. The number of para-hydroxylation sites is 1. The highest BCUT2D eigenvalue weighted by molar-refractivity contribution is 5.93. The van der Waals surface area contributed by atoms with E-state index in [2.05, 4.69) is 15.3 Å². The van der Waals surface area contributed by atoms with Crippen molar-refractivity contribution in [3.8, 4) is 0 Å². The average Bonchev–Trinajstić information content (AvgIpc) is 2.87. The number of H-pyrrole nitrogens is 1. The highest BCUT2D eigenvalue weighted by atomic mass is 16.2. The van der Waals surface area contributed by atoms with Crippen LogP contribution in [0.5, 0.6) is 0 Å². The van der Waals surface area contributed by atoms with Gasteiger partial charge in [0.2, 0.25) is 5.91 Å². The summed E-state index contributed by atoms with van der Waals surface area (Å²) in [5.74, 6) is -0.462. The Morgan fingerprint density at radius 1 is 1.39 bits per heavy atom. The molecule has 2 aromatic rings. The smallest absolute Gasteiger partial charge is 0.287 e. The number of rotatable bonds is 4. The van der Waals surface area contributed by atoms with Gasteiger partial charge in [0.15, 0.2) is 5.82 Å². The van der Waals surface area contributed by atoms with Crippen molar-refractivity contribution >= 4 is 22.7 Å². The van der Waals surface area contributed by atoms with Crippen LogP contribution >= 0.6 is 0 Å². The summed E-state index contributed by atoms with van der Waals surface area (Å²) in [5.41, 5.74) is 0.118. The van der Waals surface area contributed by atoms with Crippen LogP contribution in [0.15, 0.2) is 29.1 Å². The third-order valence-electron chi connectivity index (χ3n) is 3.87. The lowest BCUT2D eigenvalue weighted by atomic mass is 10.2. The van der Waals surface area contributed by atoms with Gasteiger partial charge in [-0.3, -0.25) is 14.4 Å². The number of nitrogens with one attached hydrogen (secondary N) is 2. The number of carbonyl (C=O) groups excluding carboxylic acids is 2. The summed E-state index contributed by atoms with van der Waals surface area (Å²) in [4.78, 5) is 44.5. The van der Waals surface area contributed by atoms with Crippen molar-refractivity contribution in [2.24, 2.45) is 0 Å². The Balaban J connectivity index is 1.77. The van der Waals surface area contributed by atoms with E-state index in [1.165, 1.54) is 0 Å². The molecule has 23 heavy (non-hydrogen) atoms. The first-order chi connectivity index (χ1) is 11.1. The van der Waals surface area contributed by atoms with Gasteiger partial charge < -0.3 is 15.2 Å². The van der Waals surface area contributed by atoms with Crippen molar-refractivity contribution in [2.75, 3.05) is 13.1 Å². The van der Waals surface area contributed by atoms with Crippen molar-refractivity contribution in [1.82, 2.24) is 20.2 Å². The van der Waals surface area contributed by atoms with Gasteiger partial charge in [-0.25, -0.2) is 4.98 Å². The third-order valence-corrected chi connectivity index (χ3v) is 3.87. The zero-order valence-electron chi connectivity index (χ0n) is 12.8. The highest BCUT2D eigenvalue weighted by Crippen LogP contribution is 2.12. The van der Waals surface area contributed by atoms with E-state index < -0.39 is 5.91 Å². The molecule has 2 N–H and O–H groups in total. The van der Waals surface area contributed by atoms with Crippen LogP contribution in [0.25, 0.3) is 10.9 Å². The van der Waals surface area contributed by atoms with E-state index in [-0.39, 0.29) is 29.8 Å². The second kappa shape index (κ2) is 6.20. The quantitative estimate of drug-likeness (QED) is 0.867. The fourth-order valence-electron chi connectivity index (χ4n) is 2.80. The van der Waals surface area contributed by atoms with E-state index in [4.69, 9.17) is 0 Å². The Bertz CT molecular complexity index is 814. The Morgan fingerprint density at radius 2 is 2.17 bits per heavy atom. The minimum atomic E-state index is -0.469. The molecule has 2 heterocycles. The standard InChI is InChI=1S/C16H18N4O3/c1-2-7-20-9-10(8-13(20)21)17-16(23)14-18-12-6-4-3-5-11(12)15(22)19-14/h3-6,10H,2,7-9H2,1H3,(H,17,23)(H,18,19,22). The molecule has 0 aliphatic carbocycles. The summed E-state index contributed by atoms with van der Waals surface area (Å²) < 4.78 is 0. The van der Waals surface area contributed by atoms with E-state index in [1.54, 1.807) is 29.2 Å². The van der Waals surface area contributed by atoms with E-state index >= 15 is 0 Å². The molecule has 1 aromatic carbocycles. The first kappa shape index (κ1) is 15.2. The zero-order chi connectivity index (χ0) is 16.4. The van der Waals surface area contributed by atoms with Crippen molar-refractivity contribution in [3.63, 3.8) is 0 Å². The molecule has 0 bridgehead atoms. The summed E-state index contributed by atoms with van der Waals surface area (Å²) in [7, 11) is 0. The lowest BCUT2D eigenvalue weighted by Crippen LogP contribution is -2.38. The minimum absolute atomic E-state index is 0.0323. The summed E-state index contributed by atoms with van der Waals surface area (Å²) in [6.07, 6.45) is 1.16. The Morgan fingerprint density at radius 3 is 2.96 bits per heavy atom. The zero-order valence-corrected chi connectivity index (χ0v) is 12.8. The van der Waals surface area contributed by atoms with Crippen molar-refractivity contribution in [3.05, 3.63) is 40.4 Å². The summed E-state index contributed by atoms with van der Waals surface area (Å²) in [6.45, 7) is 3.19. The highest BCUT2D eigenvalue weighted by Gasteiger charge is 2.30. The van der Waals surface area contributed by atoms with Gasteiger partial charge >= 0.3 is 0 Å². The van der Waals surface area contributed by atoms with Gasteiger partial charge in [-0.15, -0.1) is 0 Å². The largest absolute Gasteiger partial charge is 0.344 e. The van der Waals surface area contributed by atoms with Gasteiger partial charge in [0.05, 0.1) is 16.9 Å². The molecule has 2 amide bonds. The molecule has 1 unspecified atom stereocenters. The molecule has 1 aromatic heterocycles. The number of likely N-dealkylation sites (tertiary alicyclic amines) is 1. The predicted molar refractivity (Wildman–Crippen MR) is 85.1 cm³/mol. The van der Waals surface area contributed by atoms with Crippen molar-refractivity contribution < 1.29 is 9.59 Å². The third kappa shape index (κ3) is 3.08. The van der Waals surface area contributed by atoms with Crippen LogP contribution in [0, 0.1) is 0 Å². The number of aromatic amines is 1. The van der Waals surface area contributed by atoms with E-state index in [0.717, 1.165) is 6.42 Å². The summed E-state index contributed by atoms with van der Waals surface area (Å²) >= 11 is 0.